The number of rotatable bonds is 3. The second kappa shape index (κ2) is 5.17. The number of aromatic nitrogens is 2. The smallest absolute Gasteiger partial charge is 0.252 e. The molecule has 19 heavy (non-hydrogen) atoms. The van der Waals surface area contributed by atoms with Gasteiger partial charge >= 0.3 is 0 Å². The second-order valence-corrected chi connectivity index (χ2v) is 5.82. The zero-order chi connectivity index (χ0) is 13.2. The van der Waals surface area contributed by atoms with Crippen molar-refractivity contribution < 1.29 is 0 Å². The summed E-state index contributed by atoms with van der Waals surface area (Å²) in [4.78, 5) is 20.2. The molecule has 1 unspecified atom stereocenters. The lowest BCUT2D eigenvalue weighted by atomic mass is 9.94. The normalized spacial score (nSPS) is 18.1. The van der Waals surface area contributed by atoms with Crippen LogP contribution in [0, 0.1) is 0 Å². The number of hydrogen-bond acceptors (Lipinski definition) is 4. The Hall–Kier alpha value is -1.62. The van der Waals surface area contributed by atoms with E-state index in [-0.39, 0.29) is 11.6 Å². The topological polar surface area (TPSA) is 57.8 Å². The third-order valence-electron chi connectivity index (χ3n) is 3.50. The summed E-state index contributed by atoms with van der Waals surface area (Å²) in [6, 6.07) is 4.01. The molecule has 0 radical (unpaired) electrons. The molecule has 0 spiro atoms. The monoisotopic (exact) mass is 275 g/mol. The van der Waals surface area contributed by atoms with Crippen LogP contribution in [0.15, 0.2) is 22.3 Å². The molecule has 2 N–H and O–H groups in total. The number of thiophene rings is 1. The van der Waals surface area contributed by atoms with Crippen molar-refractivity contribution in [1.29, 1.82) is 0 Å². The molecule has 0 saturated carbocycles. The van der Waals surface area contributed by atoms with Crippen molar-refractivity contribution in [2.75, 3.05) is 5.32 Å². The van der Waals surface area contributed by atoms with Crippen LogP contribution in [0.3, 0.4) is 0 Å². The van der Waals surface area contributed by atoms with E-state index in [1.165, 1.54) is 23.3 Å². The van der Waals surface area contributed by atoms with Crippen LogP contribution in [-0.4, -0.2) is 9.97 Å². The Balaban J connectivity index is 1.87. The second-order valence-electron chi connectivity index (χ2n) is 4.82. The van der Waals surface area contributed by atoms with Crippen molar-refractivity contribution in [1.82, 2.24) is 9.97 Å². The van der Waals surface area contributed by atoms with Gasteiger partial charge in [0.15, 0.2) is 0 Å². The minimum atomic E-state index is -0.0873. The molecule has 0 amide bonds. The van der Waals surface area contributed by atoms with Gasteiger partial charge in [-0.1, -0.05) is 6.92 Å². The van der Waals surface area contributed by atoms with E-state index >= 15 is 0 Å². The van der Waals surface area contributed by atoms with E-state index < -0.39 is 0 Å². The number of anilines is 1. The third kappa shape index (κ3) is 2.56. The first kappa shape index (κ1) is 12.4. The lowest BCUT2D eigenvalue weighted by Gasteiger charge is -2.24. The lowest BCUT2D eigenvalue weighted by Crippen LogP contribution is -2.19. The SMILES string of the molecule is CCc1nc(NC2CCCc3sccc32)cc(=O)[nH]1. The van der Waals surface area contributed by atoms with Gasteiger partial charge in [0.1, 0.15) is 11.6 Å². The average Bonchev–Trinajstić information content (AvgIpc) is 2.87. The Morgan fingerprint density at radius 3 is 3.32 bits per heavy atom. The van der Waals surface area contributed by atoms with Crippen LogP contribution >= 0.6 is 11.3 Å². The Kier molecular flexibility index (Phi) is 3.38. The van der Waals surface area contributed by atoms with Crippen LogP contribution in [0.25, 0.3) is 0 Å². The number of fused-ring (bicyclic) bond motifs is 1. The average molecular weight is 275 g/mol. The van der Waals surface area contributed by atoms with Gasteiger partial charge in [-0.2, -0.15) is 0 Å². The Morgan fingerprint density at radius 1 is 1.58 bits per heavy atom. The predicted molar refractivity (Wildman–Crippen MR) is 77.9 cm³/mol. The van der Waals surface area contributed by atoms with E-state index in [1.54, 1.807) is 6.07 Å². The first-order valence-corrected chi connectivity index (χ1v) is 7.57. The largest absolute Gasteiger partial charge is 0.363 e. The number of aromatic amines is 1. The van der Waals surface area contributed by atoms with E-state index in [0.29, 0.717) is 5.82 Å². The van der Waals surface area contributed by atoms with Gasteiger partial charge in [0.05, 0.1) is 6.04 Å². The number of H-pyrrole nitrogens is 1. The first-order valence-electron chi connectivity index (χ1n) is 6.69. The predicted octanol–water partition coefficient (Wildman–Crippen LogP) is 2.88. The minimum Gasteiger partial charge on any atom is -0.363 e. The van der Waals surface area contributed by atoms with E-state index in [0.717, 1.165) is 18.7 Å². The van der Waals surface area contributed by atoms with Crippen molar-refractivity contribution in [3.8, 4) is 0 Å². The van der Waals surface area contributed by atoms with E-state index in [4.69, 9.17) is 0 Å². The van der Waals surface area contributed by atoms with Crippen LogP contribution < -0.4 is 10.9 Å². The maximum absolute atomic E-state index is 11.6. The Morgan fingerprint density at radius 2 is 2.47 bits per heavy atom. The highest BCUT2D eigenvalue weighted by Crippen LogP contribution is 2.34. The molecule has 0 saturated heterocycles. The summed E-state index contributed by atoms with van der Waals surface area (Å²) in [6.45, 7) is 1.99. The molecule has 1 aliphatic carbocycles. The standard InChI is InChI=1S/C14H17N3OS/c1-2-12-16-13(8-14(18)17-12)15-10-4-3-5-11-9(10)6-7-19-11/h6-8,10H,2-5H2,1H3,(H2,15,16,17,18). The molecule has 1 atom stereocenters. The maximum Gasteiger partial charge on any atom is 0.252 e. The molecule has 2 aromatic heterocycles. The van der Waals surface area contributed by atoms with Gasteiger partial charge in [0.2, 0.25) is 0 Å². The summed E-state index contributed by atoms with van der Waals surface area (Å²) in [6.07, 6.45) is 4.20. The molecule has 100 valence electrons. The first-order chi connectivity index (χ1) is 9.26. The van der Waals surface area contributed by atoms with Gasteiger partial charge in [-0.05, 0) is 36.3 Å². The highest BCUT2D eigenvalue weighted by Gasteiger charge is 2.21. The third-order valence-corrected chi connectivity index (χ3v) is 4.50. The number of hydrogen-bond donors (Lipinski definition) is 2. The molecule has 1 aliphatic rings. The highest BCUT2D eigenvalue weighted by atomic mass is 32.1. The van der Waals surface area contributed by atoms with Crippen molar-refractivity contribution in [2.45, 2.75) is 38.6 Å². The zero-order valence-electron chi connectivity index (χ0n) is 10.9. The summed E-state index contributed by atoms with van der Waals surface area (Å²) in [5, 5.41) is 5.56. The van der Waals surface area contributed by atoms with Crippen LogP contribution in [0.4, 0.5) is 5.82 Å². The Bertz CT molecular complexity index is 632. The molecule has 0 aliphatic heterocycles. The number of nitrogens with one attached hydrogen (secondary N) is 2. The van der Waals surface area contributed by atoms with Crippen molar-refractivity contribution >= 4 is 17.2 Å². The summed E-state index contributed by atoms with van der Waals surface area (Å²) in [5.41, 5.74) is 1.28. The molecule has 2 aromatic rings. The van der Waals surface area contributed by atoms with E-state index in [1.807, 2.05) is 18.3 Å². The van der Waals surface area contributed by atoms with Crippen LogP contribution in [-0.2, 0) is 12.8 Å². The lowest BCUT2D eigenvalue weighted by molar-refractivity contribution is 0.606. The fraction of sp³-hybridized carbons (Fsp3) is 0.429. The molecule has 4 nitrogen and oxygen atoms in total. The Labute approximate surface area is 115 Å². The van der Waals surface area contributed by atoms with E-state index in [9.17, 15) is 4.79 Å². The van der Waals surface area contributed by atoms with Crippen LogP contribution in [0.2, 0.25) is 0 Å². The fourth-order valence-corrected chi connectivity index (χ4v) is 3.55. The van der Waals surface area contributed by atoms with Gasteiger partial charge < -0.3 is 10.3 Å². The van der Waals surface area contributed by atoms with Crippen molar-refractivity contribution in [3.05, 3.63) is 44.1 Å². The molecule has 0 fully saturated rings. The number of nitrogens with zero attached hydrogens (tertiary/aromatic N) is 1. The summed E-state index contributed by atoms with van der Waals surface area (Å²) in [5.74, 6) is 1.42. The zero-order valence-corrected chi connectivity index (χ0v) is 11.7. The van der Waals surface area contributed by atoms with Gasteiger partial charge in [-0.25, -0.2) is 4.98 Å². The maximum atomic E-state index is 11.6. The molecule has 5 heteroatoms. The summed E-state index contributed by atoms with van der Waals surface area (Å²) < 4.78 is 0. The van der Waals surface area contributed by atoms with Gasteiger partial charge in [-0.15, -0.1) is 11.3 Å². The van der Waals surface area contributed by atoms with Crippen LogP contribution in [0.1, 0.15) is 42.1 Å². The highest BCUT2D eigenvalue weighted by molar-refractivity contribution is 7.10. The quantitative estimate of drug-likeness (QED) is 0.905. The molecule has 0 bridgehead atoms. The van der Waals surface area contributed by atoms with Crippen molar-refractivity contribution in [3.63, 3.8) is 0 Å². The van der Waals surface area contributed by atoms with Gasteiger partial charge in [-0.3, -0.25) is 4.79 Å². The van der Waals surface area contributed by atoms with Gasteiger partial charge in [0, 0.05) is 17.4 Å². The summed E-state index contributed by atoms with van der Waals surface area (Å²) >= 11 is 1.82. The fourth-order valence-electron chi connectivity index (χ4n) is 2.56. The molecular weight excluding hydrogens is 258 g/mol. The molecule has 0 aromatic carbocycles. The number of aryl methyl sites for hydroxylation is 2. The van der Waals surface area contributed by atoms with E-state index in [2.05, 4.69) is 26.7 Å². The van der Waals surface area contributed by atoms with Crippen molar-refractivity contribution in [2.24, 2.45) is 0 Å². The van der Waals surface area contributed by atoms with Crippen LogP contribution in [0.5, 0.6) is 0 Å². The molecular formula is C14H17N3OS. The summed E-state index contributed by atoms with van der Waals surface area (Å²) in [7, 11) is 0. The molecule has 2 heterocycles. The minimum absolute atomic E-state index is 0.0873. The molecule has 3 rings (SSSR count). The van der Waals surface area contributed by atoms with Gasteiger partial charge in [0.25, 0.3) is 5.56 Å².